The molecule has 0 bridgehead atoms. The number of rotatable bonds is 4. The summed E-state index contributed by atoms with van der Waals surface area (Å²) in [5.74, 6) is 0.645. The Morgan fingerprint density at radius 3 is 2.65 bits per heavy atom. The molecule has 5 heteroatoms. The number of aromatic nitrogens is 3. The molecule has 0 aliphatic rings. The zero-order valence-electron chi connectivity index (χ0n) is 12.3. The van der Waals surface area contributed by atoms with E-state index in [2.05, 4.69) is 20.3 Å². The Morgan fingerprint density at radius 1 is 1.30 bits per heavy atom. The Kier molecular flexibility index (Phi) is 4.29. The van der Waals surface area contributed by atoms with Crippen LogP contribution in [0.1, 0.15) is 41.3 Å². The largest absolute Gasteiger partial charge is 0.310 e. The maximum Gasteiger partial charge on any atom is 0.255 e. The van der Waals surface area contributed by atoms with Crippen molar-refractivity contribution in [1.82, 2.24) is 20.3 Å². The molecule has 0 amide bonds. The van der Waals surface area contributed by atoms with E-state index in [9.17, 15) is 4.79 Å². The molecule has 2 N–H and O–H groups in total. The summed E-state index contributed by atoms with van der Waals surface area (Å²) in [6, 6.07) is 3.95. The van der Waals surface area contributed by atoms with E-state index in [1.54, 1.807) is 6.92 Å². The molecular formula is C15H20N4O. The van der Waals surface area contributed by atoms with Gasteiger partial charge in [-0.1, -0.05) is 6.07 Å². The van der Waals surface area contributed by atoms with Crippen LogP contribution in [0.5, 0.6) is 0 Å². The number of nitrogens with one attached hydrogen (secondary N) is 2. The number of hydrogen-bond donors (Lipinski definition) is 2. The van der Waals surface area contributed by atoms with E-state index in [-0.39, 0.29) is 11.6 Å². The molecule has 106 valence electrons. The summed E-state index contributed by atoms with van der Waals surface area (Å²) in [6.45, 7) is 8.25. The third-order valence-electron chi connectivity index (χ3n) is 3.28. The second-order valence-corrected chi connectivity index (χ2v) is 5.06. The highest BCUT2D eigenvalue weighted by Crippen LogP contribution is 2.11. The monoisotopic (exact) mass is 272 g/mol. The fourth-order valence-corrected chi connectivity index (χ4v) is 2.22. The highest BCUT2D eigenvalue weighted by Gasteiger charge is 2.14. The molecule has 2 aromatic heterocycles. The lowest BCUT2D eigenvalue weighted by Crippen LogP contribution is -2.27. The smallest absolute Gasteiger partial charge is 0.255 e. The molecule has 0 aromatic carbocycles. The van der Waals surface area contributed by atoms with E-state index in [0.717, 1.165) is 17.0 Å². The molecule has 0 saturated carbocycles. The molecule has 5 nitrogen and oxygen atoms in total. The number of hydrogen-bond acceptors (Lipinski definition) is 4. The predicted octanol–water partition coefficient (Wildman–Crippen LogP) is 1.94. The molecular weight excluding hydrogens is 252 g/mol. The lowest BCUT2D eigenvalue weighted by Gasteiger charge is -2.15. The Balaban J connectivity index is 2.11. The Morgan fingerprint density at radius 2 is 2.05 bits per heavy atom. The van der Waals surface area contributed by atoms with Gasteiger partial charge >= 0.3 is 0 Å². The van der Waals surface area contributed by atoms with Crippen LogP contribution in [0.25, 0.3) is 0 Å². The fourth-order valence-electron chi connectivity index (χ4n) is 2.22. The molecule has 0 saturated heterocycles. The Bertz CT molecular complexity index is 646. The first-order valence-electron chi connectivity index (χ1n) is 6.69. The van der Waals surface area contributed by atoms with Crippen LogP contribution in [-0.2, 0) is 6.54 Å². The predicted molar refractivity (Wildman–Crippen MR) is 78.6 cm³/mol. The van der Waals surface area contributed by atoms with Crippen molar-refractivity contribution in [3.05, 3.63) is 57.0 Å². The van der Waals surface area contributed by atoms with Crippen molar-refractivity contribution in [2.24, 2.45) is 0 Å². The molecule has 2 rings (SSSR count). The molecule has 1 atom stereocenters. The third-order valence-corrected chi connectivity index (χ3v) is 3.28. The Labute approximate surface area is 118 Å². The number of pyridine rings is 1. The number of aromatic amines is 1. The van der Waals surface area contributed by atoms with E-state index in [0.29, 0.717) is 17.9 Å². The van der Waals surface area contributed by atoms with Crippen LogP contribution in [0, 0.1) is 20.8 Å². The van der Waals surface area contributed by atoms with Crippen molar-refractivity contribution in [3.8, 4) is 0 Å². The molecule has 2 heterocycles. The van der Waals surface area contributed by atoms with Crippen LogP contribution in [0.15, 0.2) is 23.1 Å². The average molecular weight is 272 g/mol. The quantitative estimate of drug-likeness (QED) is 0.892. The summed E-state index contributed by atoms with van der Waals surface area (Å²) in [5, 5.41) is 3.34. The van der Waals surface area contributed by atoms with Crippen molar-refractivity contribution in [1.29, 1.82) is 0 Å². The standard InChI is InChI=1S/C15H20N4O/c1-9-5-6-13(7-16-9)8-17-10(2)14-11(3)18-12(4)19-15(14)20/h5-7,10,17H,8H2,1-4H3,(H,18,19,20). The maximum absolute atomic E-state index is 12.0. The van der Waals surface area contributed by atoms with Crippen molar-refractivity contribution in [2.75, 3.05) is 0 Å². The average Bonchev–Trinajstić information content (AvgIpc) is 2.37. The summed E-state index contributed by atoms with van der Waals surface area (Å²) in [4.78, 5) is 23.3. The zero-order valence-corrected chi connectivity index (χ0v) is 12.3. The first-order valence-corrected chi connectivity index (χ1v) is 6.69. The van der Waals surface area contributed by atoms with Gasteiger partial charge in [0.2, 0.25) is 0 Å². The van der Waals surface area contributed by atoms with Crippen LogP contribution in [-0.4, -0.2) is 15.0 Å². The molecule has 1 unspecified atom stereocenters. The molecule has 2 aromatic rings. The molecule has 0 radical (unpaired) electrons. The number of aryl methyl sites for hydroxylation is 3. The first kappa shape index (κ1) is 14.4. The van der Waals surface area contributed by atoms with Gasteiger partial charge in [-0.15, -0.1) is 0 Å². The minimum absolute atomic E-state index is 0.0619. The molecule has 0 aliphatic carbocycles. The lowest BCUT2D eigenvalue weighted by atomic mass is 10.1. The molecule has 0 fully saturated rings. The maximum atomic E-state index is 12.0. The van der Waals surface area contributed by atoms with Crippen LogP contribution >= 0.6 is 0 Å². The SMILES string of the molecule is Cc1ccc(CNC(C)c2c(C)nc(C)[nH]c2=O)cn1. The van der Waals surface area contributed by atoms with Gasteiger partial charge in [0.05, 0.1) is 5.56 Å². The van der Waals surface area contributed by atoms with E-state index in [1.165, 1.54) is 0 Å². The van der Waals surface area contributed by atoms with Gasteiger partial charge in [0, 0.05) is 30.2 Å². The van der Waals surface area contributed by atoms with E-state index in [1.807, 2.05) is 39.1 Å². The van der Waals surface area contributed by atoms with Crippen LogP contribution < -0.4 is 10.9 Å². The van der Waals surface area contributed by atoms with Crippen LogP contribution in [0.3, 0.4) is 0 Å². The van der Waals surface area contributed by atoms with Crippen molar-refractivity contribution in [2.45, 2.75) is 40.3 Å². The van der Waals surface area contributed by atoms with E-state index in [4.69, 9.17) is 0 Å². The summed E-state index contributed by atoms with van der Waals surface area (Å²) in [5.41, 5.74) is 3.48. The van der Waals surface area contributed by atoms with Gasteiger partial charge < -0.3 is 10.3 Å². The fraction of sp³-hybridized carbons (Fsp3) is 0.400. The van der Waals surface area contributed by atoms with Crippen molar-refractivity contribution < 1.29 is 0 Å². The molecule has 0 spiro atoms. The normalized spacial score (nSPS) is 12.4. The summed E-state index contributed by atoms with van der Waals surface area (Å²) in [7, 11) is 0. The summed E-state index contributed by atoms with van der Waals surface area (Å²) >= 11 is 0. The summed E-state index contributed by atoms with van der Waals surface area (Å²) in [6.07, 6.45) is 1.85. The molecule has 20 heavy (non-hydrogen) atoms. The minimum atomic E-state index is -0.0722. The second kappa shape index (κ2) is 5.96. The van der Waals surface area contributed by atoms with Gasteiger partial charge in [-0.3, -0.25) is 9.78 Å². The van der Waals surface area contributed by atoms with Gasteiger partial charge in [0.25, 0.3) is 5.56 Å². The number of H-pyrrole nitrogens is 1. The highest BCUT2D eigenvalue weighted by atomic mass is 16.1. The zero-order chi connectivity index (χ0) is 14.7. The molecule has 0 aliphatic heterocycles. The highest BCUT2D eigenvalue weighted by molar-refractivity contribution is 5.20. The topological polar surface area (TPSA) is 70.7 Å². The van der Waals surface area contributed by atoms with Gasteiger partial charge in [-0.05, 0) is 39.3 Å². The van der Waals surface area contributed by atoms with Gasteiger partial charge in [-0.25, -0.2) is 4.98 Å². The van der Waals surface area contributed by atoms with Gasteiger partial charge in [0.1, 0.15) is 5.82 Å². The van der Waals surface area contributed by atoms with Crippen LogP contribution in [0.4, 0.5) is 0 Å². The number of nitrogens with zero attached hydrogens (tertiary/aromatic N) is 2. The van der Waals surface area contributed by atoms with Gasteiger partial charge in [0.15, 0.2) is 0 Å². The second-order valence-electron chi connectivity index (χ2n) is 5.06. The third kappa shape index (κ3) is 3.30. The minimum Gasteiger partial charge on any atom is -0.310 e. The van der Waals surface area contributed by atoms with Crippen molar-refractivity contribution in [3.63, 3.8) is 0 Å². The first-order chi connectivity index (χ1) is 9.47. The van der Waals surface area contributed by atoms with Crippen LogP contribution in [0.2, 0.25) is 0 Å². The van der Waals surface area contributed by atoms with E-state index >= 15 is 0 Å². The van der Waals surface area contributed by atoms with Crippen molar-refractivity contribution >= 4 is 0 Å². The van der Waals surface area contributed by atoms with Gasteiger partial charge in [-0.2, -0.15) is 0 Å². The summed E-state index contributed by atoms with van der Waals surface area (Å²) < 4.78 is 0. The Hall–Kier alpha value is -2.01. The van der Waals surface area contributed by atoms with E-state index < -0.39 is 0 Å². The lowest BCUT2D eigenvalue weighted by molar-refractivity contribution is 0.561.